The van der Waals surface area contributed by atoms with Gasteiger partial charge in [0.15, 0.2) is 0 Å². The molecule has 5 nitrogen and oxygen atoms in total. The number of carbonyl (C=O) groups is 1. The lowest BCUT2D eigenvalue weighted by atomic mass is 10.1. The predicted octanol–water partition coefficient (Wildman–Crippen LogP) is 5.28. The standard InChI is InChI=1S/C20H18Cl2N2O3S/c1-2-27-20(25)13-11-23-15-10-16(12-4-3-5-14(21)17(12)22)28-19(15)18(13)24-6-8-26-9-7-24/h3-5,10-11H,2,6-9H2,1H3. The van der Waals surface area contributed by atoms with Crippen molar-refractivity contribution < 1.29 is 14.3 Å². The summed E-state index contributed by atoms with van der Waals surface area (Å²) >= 11 is 14.2. The molecule has 0 unspecified atom stereocenters. The van der Waals surface area contributed by atoms with Crippen molar-refractivity contribution >= 4 is 56.4 Å². The first-order valence-corrected chi connectivity index (χ1v) is 10.5. The van der Waals surface area contributed by atoms with Crippen molar-refractivity contribution in [2.75, 3.05) is 37.8 Å². The van der Waals surface area contributed by atoms with Gasteiger partial charge in [-0.3, -0.25) is 4.98 Å². The number of fused-ring (bicyclic) bond motifs is 1. The van der Waals surface area contributed by atoms with Gasteiger partial charge in [-0.25, -0.2) is 4.79 Å². The molecule has 1 saturated heterocycles. The number of morpholine rings is 1. The minimum atomic E-state index is -0.367. The summed E-state index contributed by atoms with van der Waals surface area (Å²) in [7, 11) is 0. The molecule has 0 bridgehead atoms. The number of ether oxygens (including phenoxy) is 2. The van der Waals surface area contributed by atoms with Gasteiger partial charge in [0.25, 0.3) is 0 Å². The normalized spacial score (nSPS) is 14.5. The number of esters is 1. The highest BCUT2D eigenvalue weighted by molar-refractivity contribution is 7.22. The summed E-state index contributed by atoms with van der Waals surface area (Å²) in [5.41, 5.74) is 2.98. The number of aromatic nitrogens is 1. The van der Waals surface area contributed by atoms with E-state index in [1.807, 2.05) is 18.2 Å². The lowest BCUT2D eigenvalue weighted by Gasteiger charge is -2.30. The molecule has 3 aromatic rings. The first kappa shape index (κ1) is 19.5. The molecule has 0 amide bonds. The summed E-state index contributed by atoms with van der Waals surface area (Å²) in [6, 6.07) is 7.54. The van der Waals surface area contributed by atoms with Crippen LogP contribution in [0.1, 0.15) is 17.3 Å². The Morgan fingerprint density at radius 2 is 2.11 bits per heavy atom. The Kier molecular flexibility index (Phi) is 5.73. The number of hydrogen-bond acceptors (Lipinski definition) is 6. The van der Waals surface area contributed by atoms with Crippen LogP contribution in [0.15, 0.2) is 30.5 Å². The number of nitrogens with zero attached hydrogens (tertiary/aromatic N) is 2. The topological polar surface area (TPSA) is 51.7 Å². The lowest BCUT2D eigenvalue weighted by Crippen LogP contribution is -2.37. The third kappa shape index (κ3) is 3.57. The molecule has 146 valence electrons. The van der Waals surface area contributed by atoms with Crippen LogP contribution in [0.3, 0.4) is 0 Å². The third-order valence-corrected chi connectivity index (χ3v) is 6.54. The number of rotatable bonds is 4. The minimum Gasteiger partial charge on any atom is -0.462 e. The van der Waals surface area contributed by atoms with Crippen molar-refractivity contribution in [3.63, 3.8) is 0 Å². The summed E-state index contributed by atoms with van der Waals surface area (Å²) < 4.78 is 11.7. The fourth-order valence-electron chi connectivity index (χ4n) is 3.25. The van der Waals surface area contributed by atoms with Gasteiger partial charge in [-0.05, 0) is 19.1 Å². The smallest absolute Gasteiger partial charge is 0.341 e. The van der Waals surface area contributed by atoms with Crippen LogP contribution in [0.4, 0.5) is 5.69 Å². The summed E-state index contributed by atoms with van der Waals surface area (Å²) in [4.78, 5) is 20.2. The van der Waals surface area contributed by atoms with E-state index in [0.29, 0.717) is 48.5 Å². The molecule has 0 radical (unpaired) electrons. The van der Waals surface area contributed by atoms with Gasteiger partial charge in [-0.1, -0.05) is 35.3 Å². The van der Waals surface area contributed by atoms with Gasteiger partial charge in [0.05, 0.1) is 45.8 Å². The minimum absolute atomic E-state index is 0.313. The average molecular weight is 437 g/mol. The van der Waals surface area contributed by atoms with Crippen LogP contribution in [0, 0.1) is 0 Å². The van der Waals surface area contributed by atoms with E-state index in [1.165, 1.54) is 0 Å². The van der Waals surface area contributed by atoms with E-state index in [2.05, 4.69) is 9.88 Å². The maximum absolute atomic E-state index is 12.6. The first-order chi connectivity index (χ1) is 13.6. The van der Waals surface area contributed by atoms with E-state index < -0.39 is 0 Å². The maximum Gasteiger partial charge on any atom is 0.341 e. The number of halogens is 2. The summed E-state index contributed by atoms with van der Waals surface area (Å²) in [5, 5.41) is 1.01. The molecule has 0 aliphatic carbocycles. The Morgan fingerprint density at radius 1 is 1.32 bits per heavy atom. The van der Waals surface area contributed by atoms with E-state index in [1.54, 1.807) is 30.5 Å². The molecule has 0 saturated carbocycles. The molecule has 28 heavy (non-hydrogen) atoms. The number of benzene rings is 1. The second-order valence-corrected chi connectivity index (χ2v) is 8.10. The van der Waals surface area contributed by atoms with Gasteiger partial charge in [0.1, 0.15) is 5.56 Å². The Morgan fingerprint density at radius 3 is 2.86 bits per heavy atom. The molecule has 3 heterocycles. The Labute approximate surface area is 176 Å². The Bertz CT molecular complexity index is 1030. The van der Waals surface area contributed by atoms with Gasteiger partial charge < -0.3 is 14.4 Å². The van der Waals surface area contributed by atoms with E-state index in [0.717, 1.165) is 26.3 Å². The van der Waals surface area contributed by atoms with Crippen molar-refractivity contribution in [3.05, 3.63) is 46.1 Å². The van der Waals surface area contributed by atoms with Crippen molar-refractivity contribution in [3.8, 4) is 10.4 Å². The molecule has 4 rings (SSSR count). The number of carbonyl (C=O) groups excluding carboxylic acids is 1. The van der Waals surface area contributed by atoms with E-state index in [-0.39, 0.29) is 5.97 Å². The van der Waals surface area contributed by atoms with Crippen molar-refractivity contribution in [2.45, 2.75) is 6.92 Å². The van der Waals surface area contributed by atoms with Crippen LogP contribution < -0.4 is 4.90 Å². The Hall–Kier alpha value is -1.86. The van der Waals surface area contributed by atoms with Crippen LogP contribution >= 0.6 is 34.5 Å². The van der Waals surface area contributed by atoms with Crippen molar-refractivity contribution in [2.24, 2.45) is 0 Å². The highest BCUT2D eigenvalue weighted by atomic mass is 35.5. The van der Waals surface area contributed by atoms with E-state index >= 15 is 0 Å². The van der Waals surface area contributed by atoms with Gasteiger partial charge in [0.2, 0.25) is 0 Å². The molecule has 1 fully saturated rings. The van der Waals surface area contributed by atoms with Crippen molar-refractivity contribution in [1.82, 2.24) is 4.98 Å². The molecule has 1 aromatic carbocycles. The predicted molar refractivity (Wildman–Crippen MR) is 114 cm³/mol. The summed E-state index contributed by atoms with van der Waals surface area (Å²) in [6.07, 6.45) is 1.60. The van der Waals surface area contributed by atoms with Crippen LogP contribution in [0.5, 0.6) is 0 Å². The van der Waals surface area contributed by atoms with Gasteiger partial charge in [0, 0.05) is 29.7 Å². The van der Waals surface area contributed by atoms with Crippen LogP contribution in [0.2, 0.25) is 10.0 Å². The molecule has 0 spiro atoms. The molecule has 2 aromatic heterocycles. The summed E-state index contributed by atoms with van der Waals surface area (Å²) in [5.74, 6) is -0.367. The second kappa shape index (κ2) is 8.25. The molecule has 0 N–H and O–H groups in total. The average Bonchev–Trinajstić information content (AvgIpc) is 3.14. The van der Waals surface area contributed by atoms with Crippen LogP contribution in [-0.2, 0) is 9.47 Å². The zero-order valence-corrected chi connectivity index (χ0v) is 17.5. The zero-order valence-electron chi connectivity index (χ0n) is 15.2. The van der Waals surface area contributed by atoms with Crippen LogP contribution in [-0.4, -0.2) is 43.9 Å². The third-order valence-electron chi connectivity index (χ3n) is 4.56. The van der Waals surface area contributed by atoms with Gasteiger partial charge in [-0.2, -0.15) is 0 Å². The molecule has 1 aliphatic heterocycles. The molecule has 0 atom stereocenters. The number of pyridine rings is 1. The highest BCUT2D eigenvalue weighted by Gasteiger charge is 2.25. The molecule has 1 aliphatic rings. The summed E-state index contributed by atoms with van der Waals surface area (Å²) in [6.45, 7) is 4.75. The quantitative estimate of drug-likeness (QED) is 0.520. The fraction of sp³-hybridized carbons (Fsp3) is 0.300. The number of hydrogen-bond donors (Lipinski definition) is 0. The van der Waals surface area contributed by atoms with E-state index in [9.17, 15) is 4.79 Å². The van der Waals surface area contributed by atoms with Crippen LogP contribution in [0.25, 0.3) is 20.7 Å². The second-order valence-electron chi connectivity index (χ2n) is 6.27. The van der Waals surface area contributed by atoms with Crippen molar-refractivity contribution in [1.29, 1.82) is 0 Å². The van der Waals surface area contributed by atoms with E-state index in [4.69, 9.17) is 32.7 Å². The first-order valence-electron chi connectivity index (χ1n) is 8.97. The lowest BCUT2D eigenvalue weighted by molar-refractivity contribution is 0.0526. The van der Waals surface area contributed by atoms with Gasteiger partial charge in [-0.15, -0.1) is 11.3 Å². The van der Waals surface area contributed by atoms with Gasteiger partial charge >= 0.3 is 5.97 Å². The zero-order chi connectivity index (χ0) is 19.7. The Balaban J connectivity index is 1.90. The highest BCUT2D eigenvalue weighted by Crippen LogP contribution is 2.43. The largest absolute Gasteiger partial charge is 0.462 e. The molecular weight excluding hydrogens is 419 g/mol. The maximum atomic E-state index is 12.6. The molecule has 8 heteroatoms. The SMILES string of the molecule is CCOC(=O)c1cnc2cc(-c3cccc(Cl)c3Cl)sc2c1N1CCOCC1. The number of anilines is 1. The number of thiophene rings is 1. The molecular formula is C20H18Cl2N2O3S. The monoisotopic (exact) mass is 436 g/mol. The fourth-order valence-corrected chi connectivity index (χ4v) is 4.93.